The molecule has 1 unspecified atom stereocenters. The van der Waals surface area contributed by atoms with Gasteiger partial charge in [0.05, 0.1) is 4.92 Å². The van der Waals surface area contributed by atoms with Crippen LogP contribution in [0.5, 0.6) is 0 Å². The predicted molar refractivity (Wildman–Crippen MR) is 85.4 cm³/mol. The number of amides is 1. The number of anilines is 1. The van der Waals surface area contributed by atoms with Gasteiger partial charge in [-0.25, -0.2) is 0 Å². The fourth-order valence-electron chi connectivity index (χ4n) is 2.59. The van der Waals surface area contributed by atoms with Crippen molar-refractivity contribution in [3.05, 3.63) is 46.2 Å². The van der Waals surface area contributed by atoms with E-state index in [-0.39, 0.29) is 16.9 Å². The number of likely N-dealkylation sites (tertiary alicyclic amines) is 1. The maximum atomic E-state index is 12.2. The zero-order valence-electron chi connectivity index (χ0n) is 12.9. The predicted octanol–water partition coefficient (Wildman–Crippen LogP) is 2.67. The van der Waals surface area contributed by atoms with Gasteiger partial charge < -0.3 is 10.2 Å². The zero-order valence-corrected chi connectivity index (χ0v) is 12.9. The lowest BCUT2D eigenvalue weighted by Gasteiger charge is -2.29. The Morgan fingerprint density at radius 1 is 1.52 bits per heavy atom. The van der Waals surface area contributed by atoms with Crippen molar-refractivity contribution in [2.24, 2.45) is 5.92 Å². The summed E-state index contributed by atoms with van der Waals surface area (Å²) in [5.74, 6) is -0.127. The summed E-state index contributed by atoms with van der Waals surface area (Å²) in [7, 11) is 0. The monoisotopic (exact) mass is 314 g/mol. The quantitative estimate of drug-likeness (QED) is 0.398. The highest BCUT2D eigenvalue weighted by atomic mass is 16.6. The Balaban J connectivity index is 2.15. The lowest BCUT2D eigenvalue weighted by molar-refractivity contribution is -0.383. The summed E-state index contributed by atoms with van der Waals surface area (Å²) in [5, 5.41) is 22.6. The Kier molecular flexibility index (Phi) is 5.31. The molecule has 1 atom stereocenters. The summed E-state index contributed by atoms with van der Waals surface area (Å²) in [4.78, 5) is 24.6. The van der Waals surface area contributed by atoms with Crippen LogP contribution in [0, 0.1) is 27.4 Å². The third-order valence-corrected chi connectivity index (χ3v) is 3.71. The van der Waals surface area contributed by atoms with Gasteiger partial charge >= 0.3 is 0 Å². The fourth-order valence-corrected chi connectivity index (χ4v) is 2.59. The number of piperidine rings is 1. The average molecular weight is 314 g/mol. The number of hydrogen-bond donors (Lipinski definition) is 1. The second-order valence-corrected chi connectivity index (χ2v) is 5.63. The number of nitro groups is 1. The van der Waals surface area contributed by atoms with Crippen molar-refractivity contribution in [3.63, 3.8) is 0 Å². The van der Waals surface area contributed by atoms with Crippen LogP contribution in [0.1, 0.15) is 19.8 Å². The molecular weight excluding hydrogens is 296 g/mol. The summed E-state index contributed by atoms with van der Waals surface area (Å²) < 4.78 is 0. The highest BCUT2D eigenvalue weighted by Crippen LogP contribution is 2.24. The third kappa shape index (κ3) is 4.30. The Morgan fingerprint density at radius 3 is 2.91 bits per heavy atom. The van der Waals surface area contributed by atoms with Crippen LogP contribution in [0.15, 0.2) is 36.0 Å². The molecule has 2 rings (SSSR count). The first-order valence-corrected chi connectivity index (χ1v) is 7.42. The molecular formula is C16H18N4O3. The normalized spacial score (nSPS) is 18.2. The van der Waals surface area contributed by atoms with Gasteiger partial charge in [0, 0.05) is 25.4 Å². The van der Waals surface area contributed by atoms with Crippen molar-refractivity contribution in [1.82, 2.24) is 4.90 Å². The molecule has 0 aromatic heterocycles. The van der Waals surface area contributed by atoms with E-state index in [1.165, 1.54) is 18.2 Å². The van der Waals surface area contributed by atoms with Crippen LogP contribution in [0.2, 0.25) is 0 Å². The number of benzene rings is 1. The summed E-state index contributed by atoms with van der Waals surface area (Å²) in [5.41, 5.74) is -0.183. The van der Waals surface area contributed by atoms with E-state index in [9.17, 15) is 20.2 Å². The fraction of sp³-hybridized carbons (Fsp3) is 0.375. The van der Waals surface area contributed by atoms with Crippen LogP contribution >= 0.6 is 0 Å². The van der Waals surface area contributed by atoms with Gasteiger partial charge in [0.25, 0.3) is 11.6 Å². The SMILES string of the molecule is CC1CCCN(/C=C(/C#N)C(=O)Nc2ccccc2[N+](=O)[O-])C1. The van der Waals surface area contributed by atoms with E-state index in [2.05, 4.69) is 12.2 Å². The molecule has 1 aliphatic heterocycles. The van der Waals surface area contributed by atoms with Crippen molar-refractivity contribution < 1.29 is 9.72 Å². The molecule has 0 radical (unpaired) electrons. The molecule has 0 spiro atoms. The largest absolute Gasteiger partial charge is 0.376 e. The average Bonchev–Trinajstić information content (AvgIpc) is 2.53. The van der Waals surface area contributed by atoms with Crippen molar-refractivity contribution in [2.75, 3.05) is 18.4 Å². The van der Waals surface area contributed by atoms with Gasteiger partial charge in [-0.05, 0) is 24.8 Å². The van der Waals surface area contributed by atoms with E-state index in [4.69, 9.17) is 0 Å². The molecule has 1 aromatic carbocycles. The molecule has 7 heteroatoms. The number of nitro benzene ring substituents is 1. The number of nitriles is 1. The van der Waals surface area contributed by atoms with Gasteiger partial charge in [0.2, 0.25) is 0 Å². The topological polar surface area (TPSA) is 99.3 Å². The molecule has 23 heavy (non-hydrogen) atoms. The Labute approximate surface area is 134 Å². The van der Waals surface area contributed by atoms with Gasteiger partial charge in [0.15, 0.2) is 0 Å². The van der Waals surface area contributed by atoms with Crippen LogP contribution in [0.25, 0.3) is 0 Å². The lowest BCUT2D eigenvalue weighted by Crippen LogP contribution is -2.31. The second-order valence-electron chi connectivity index (χ2n) is 5.63. The molecule has 1 amide bonds. The number of hydrogen-bond acceptors (Lipinski definition) is 5. The molecule has 1 saturated heterocycles. The molecule has 0 saturated carbocycles. The Bertz CT molecular complexity index is 678. The molecule has 1 heterocycles. The van der Waals surface area contributed by atoms with Crippen molar-refractivity contribution >= 4 is 17.3 Å². The van der Waals surface area contributed by atoms with Crippen LogP contribution in [0.4, 0.5) is 11.4 Å². The minimum Gasteiger partial charge on any atom is -0.376 e. The Hall–Kier alpha value is -2.88. The molecule has 0 aliphatic carbocycles. The van der Waals surface area contributed by atoms with Crippen LogP contribution in [-0.2, 0) is 4.79 Å². The number of rotatable bonds is 4. The molecule has 1 aromatic rings. The smallest absolute Gasteiger partial charge is 0.292 e. The minimum absolute atomic E-state index is 0.0581. The first kappa shape index (κ1) is 16.5. The van der Waals surface area contributed by atoms with E-state index in [0.717, 1.165) is 25.9 Å². The lowest BCUT2D eigenvalue weighted by atomic mass is 10.0. The van der Waals surface area contributed by atoms with Gasteiger partial charge in [-0.15, -0.1) is 0 Å². The summed E-state index contributed by atoms with van der Waals surface area (Å²) in [6.07, 6.45) is 3.69. The number of carbonyl (C=O) groups excluding carboxylic acids is 1. The standard InChI is InChI=1S/C16H18N4O3/c1-12-5-4-8-19(10-12)11-13(9-17)16(21)18-14-6-2-3-7-15(14)20(22)23/h2-3,6-7,11-12H,4-5,8,10H2,1H3,(H,18,21)/b13-11-. The van der Waals surface area contributed by atoms with Crippen LogP contribution < -0.4 is 5.32 Å². The van der Waals surface area contributed by atoms with Crippen molar-refractivity contribution in [3.8, 4) is 6.07 Å². The first-order valence-electron chi connectivity index (χ1n) is 7.42. The van der Waals surface area contributed by atoms with Crippen molar-refractivity contribution in [2.45, 2.75) is 19.8 Å². The highest BCUT2D eigenvalue weighted by molar-refractivity contribution is 6.07. The molecule has 120 valence electrons. The molecule has 1 N–H and O–H groups in total. The zero-order chi connectivity index (χ0) is 16.8. The number of nitrogens with one attached hydrogen (secondary N) is 1. The van der Waals surface area contributed by atoms with Gasteiger partial charge in [0.1, 0.15) is 17.3 Å². The minimum atomic E-state index is -0.639. The van der Waals surface area contributed by atoms with Gasteiger partial charge in [-0.1, -0.05) is 19.1 Å². The first-order chi connectivity index (χ1) is 11.0. The Morgan fingerprint density at radius 2 is 2.26 bits per heavy atom. The van der Waals surface area contributed by atoms with Crippen molar-refractivity contribution in [1.29, 1.82) is 5.26 Å². The van der Waals surface area contributed by atoms with E-state index >= 15 is 0 Å². The molecule has 1 aliphatic rings. The maximum absolute atomic E-state index is 12.2. The van der Waals surface area contributed by atoms with Crippen LogP contribution in [-0.4, -0.2) is 28.8 Å². The van der Waals surface area contributed by atoms with Gasteiger partial charge in [-0.2, -0.15) is 5.26 Å². The van der Waals surface area contributed by atoms with E-state index in [0.29, 0.717) is 5.92 Å². The van der Waals surface area contributed by atoms with Crippen LogP contribution in [0.3, 0.4) is 0 Å². The highest BCUT2D eigenvalue weighted by Gasteiger charge is 2.19. The van der Waals surface area contributed by atoms with E-state index in [1.54, 1.807) is 12.3 Å². The summed E-state index contributed by atoms with van der Waals surface area (Å²) in [6, 6.07) is 7.72. The number of carbonyl (C=O) groups is 1. The molecule has 0 bridgehead atoms. The summed E-state index contributed by atoms with van der Waals surface area (Å²) >= 11 is 0. The summed E-state index contributed by atoms with van der Waals surface area (Å²) in [6.45, 7) is 3.72. The second kappa shape index (κ2) is 7.40. The van der Waals surface area contributed by atoms with E-state index in [1.807, 2.05) is 11.0 Å². The maximum Gasteiger partial charge on any atom is 0.292 e. The van der Waals surface area contributed by atoms with E-state index < -0.39 is 10.8 Å². The number of para-hydroxylation sites is 2. The molecule has 1 fully saturated rings. The molecule has 7 nitrogen and oxygen atoms in total. The number of nitrogens with zero attached hydrogens (tertiary/aromatic N) is 3. The van der Waals surface area contributed by atoms with Gasteiger partial charge in [-0.3, -0.25) is 14.9 Å². The third-order valence-electron chi connectivity index (χ3n) is 3.71.